The van der Waals surface area contributed by atoms with Gasteiger partial charge in [-0.25, -0.2) is 0 Å². The minimum atomic E-state index is 0.432. The first kappa shape index (κ1) is 11.6. The van der Waals surface area contributed by atoms with Gasteiger partial charge in [-0.2, -0.15) is 0 Å². The van der Waals surface area contributed by atoms with Crippen LogP contribution in [0.4, 0.5) is 0 Å². The van der Waals surface area contributed by atoms with Crippen molar-refractivity contribution < 1.29 is 0 Å². The predicted molar refractivity (Wildman–Crippen MR) is 77.7 cm³/mol. The van der Waals surface area contributed by atoms with Crippen molar-refractivity contribution in [3.63, 3.8) is 0 Å². The van der Waals surface area contributed by atoms with Crippen LogP contribution in [-0.4, -0.2) is 10.2 Å². The molecule has 1 aromatic heterocycles. The Balaban J connectivity index is 2.38. The fraction of sp³-hybridized carbons (Fsp3) is 0. The number of hydrogen-bond acceptors (Lipinski definition) is 2. The lowest BCUT2D eigenvalue weighted by molar-refractivity contribution is 1.06. The summed E-state index contributed by atoms with van der Waals surface area (Å²) in [7, 11) is 0. The fourth-order valence-corrected chi connectivity index (χ4v) is 2.60. The molecule has 0 saturated carbocycles. The highest BCUT2D eigenvalue weighted by Crippen LogP contribution is 2.33. The van der Waals surface area contributed by atoms with Gasteiger partial charge in [0.25, 0.3) is 0 Å². The summed E-state index contributed by atoms with van der Waals surface area (Å²) in [6.07, 6.45) is 0. The van der Waals surface area contributed by atoms with Gasteiger partial charge in [-0.1, -0.05) is 70.0 Å². The van der Waals surface area contributed by atoms with Crippen molar-refractivity contribution in [3.8, 4) is 11.3 Å². The van der Waals surface area contributed by atoms with E-state index < -0.39 is 0 Å². The Kier molecular flexibility index (Phi) is 3.02. The quantitative estimate of drug-likeness (QED) is 0.649. The van der Waals surface area contributed by atoms with Crippen molar-refractivity contribution in [1.29, 1.82) is 0 Å². The van der Waals surface area contributed by atoms with Crippen LogP contribution in [-0.2, 0) is 0 Å². The van der Waals surface area contributed by atoms with Gasteiger partial charge in [0, 0.05) is 20.8 Å². The van der Waals surface area contributed by atoms with Crippen LogP contribution in [0, 0.1) is 0 Å². The van der Waals surface area contributed by atoms with Crippen LogP contribution in [0.2, 0.25) is 5.15 Å². The molecule has 0 bridgehead atoms. The molecule has 0 aliphatic rings. The van der Waals surface area contributed by atoms with Crippen LogP contribution in [0.1, 0.15) is 0 Å². The largest absolute Gasteiger partial charge is 0.159 e. The van der Waals surface area contributed by atoms with E-state index in [4.69, 9.17) is 11.6 Å². The first-order valence-corrected chi connectivity index (χ1v) is 6.60. The summed E-state index contributed by atoms with van der Waals surface area (Å²) in [5.41, 5.74) is 1.85. The molecule has 0 spiro atoms. The molecule has 1 heterocycles. The zero-order chi connectivity index (χ0) is 12.5. The summed E-state index contributed by atoms with van der Waals surface area (Å²) in [5.74, 6) is 0. The van der Waals surface area contributed by atoms with Crippen LogP contribution in [0.25, 0.3) is 22.0 Å². The van der Waals surface area contributed by atoms with Gasteiger partial charge in [0.2, 0.25) is 0 Å². The Morgan fingerprint density at radius 3 is 2.28 bits per heavy atom. The van der Waals surface area contributed by atoms with Gasteiger partial charge < -0.3 is 0 Å². The van der Waals surface area contributed by atoms with E-state index in [1.807, 2.05) is 48.5 Å². The second-order valence-corrected chi connectivity index (χ2v) is 5.08. The Bertz CT molecular complexity index is 728. The van der Waals surface area contributed by atoms with Gasteiger partial charge in [0.15, 0.2) is 5.15 Å². The Hall–Kier alpha value is -1.45. The van der Waals surface area contributed by atoms with Gasteiger partial charge in [-0.05, 0) is 6.07 Å². The van der Waals surface area contributed by atoms with Crippen LogP contribution in [0.5, 0.6) is 0 Å². The average molecular weight is 320 g/mol. The van der Waals surface area contributed by atoms with Crippen LogP contribution < -0.4 is 0 Å². The topological polar surface area (TPSA) is 25.8 Å². The molecule has 0 saturated heterocycles. The van der Waals surface area contributed by atoms with Crippen LogP contribution in [0.3, 0.4) is 0 Å². The standard InChI is InChI=1S/C14H8BrClN2/c15-12-8-4-3-7-11(12)13-9-5-1-2-6-10(9)14(16)18-17-13/h1-8H. The predicted octanol–water partition coefficient (Wildman–Crippen LogP) is 4.71. The molecule has 2 aromatic carbocycles. The van der Waals surface area contributed by atoms with E-state index in [0.717, 1.165) is 26.5 Å². The Morgan fingerprint density at radius 1 is 0.833 bits per heavy atom. The number of hydrogen-bond donors (Lipinski definition) is 0. The Morgan fingerprint density at radius 2 is 1.50 bits per heavy atom. The number of benzene rings is 2. The molecule has 3 rings (SSSR count). The molecule has 4 heteroatoms. The summed E-state index contributed by atoms with van der Waals surface area (Å²) in [4.78, 5) is 0. The molecule has 0 aliphatic carbocycles. The van der Waals surface area contributed by atoms with Gasteiger partial charge >= 0.3 is 0 Å². The van der Waals surface area contributed by atoms with Crippen molar-refractivity contribution in [2.24, 2.45) is 0 Å². The summed E-state index contributed by atoms with van der Waals surface area (Å²) in [5, 5.41) is 10.6. The van der Waals surface area contributed by atoms with E-state index in [1.165, 1.54) is 0 Å². The number of nitrogens with zero attached hydrogens (tertiary/aromatic N) is 2. The maximum atomic E-state index is 6.07. The second kappa shape index (κ2) is 4.67. The smallest absolute Gasteiger partial charge is 0.148 e. The van der Waals surface area contributed by atoms with Crippen molar-refractivity contribution in [1.82, 2.24) is 10.2 Å². The van der Waals surface area contributed by atoms with Gasteiger partial charge in [-0.15, -0.1) is 10.2 Å². The monoisotopic (exact) mass is 318 g/mol. The van der Waals surface area contributed by atoms with E-state index in [9.17, 15) is 0 Å². The highest BCUT2D eigenvalue weighted by molar-refractivity contribution is 9.10. The van der Waals surface area contributed by atoms with Gasteiger partial charge in [-0.3, -0.25) is 0 Å². The zero-order valence-corrected chi connectivity index (χ0v) is 11.6. The average Bonchev–Trinajstić information content (AvgIpc) is 2.41. The summed E-state index contributed by atoms with van der Waals surface area (Å²) in [6.45, 7) is 0. The molecule has 0 aliphatic heterocycles. The minimum absolute atomic E-state index is 0.432. The molecule has 18 heavy (non-hydrogen) atoms. The van der Waals surface area contributed by atoms with Gasteiger partial charge in [0.05, 0.1) is 0 Å². The molecule has 0 fully saturated rings. The lowest BCUT2D eigenvalue weighted by Gasteiger charge is -2.07. The maximum absolute atomic E-state index is 6.07. The number of aromatic nitrogens is 2. The molecule has 0 unspecified atom stereocenters. The van der Waals surface area contributed by atoms with Crippen molar-refractivity contribution in [2.75, 3.05) is 0 Å². The molecular formula is C14H8BrClN2. The third-order valence-electron chi connectivity index (χ3n) is 2.77. The van der Waals surface area contributed by atoms with E-state index in [2.05, 4.69) is 26.1 Å². The lowest BCUT2D eigenvalue weighted by atomic mass is 10.1. The summed E-state index contributed by atoms with van der Waals surface area (Å²) >= 11 is 9.61. The molecule has 0 atom stereocenters. The van der Waals surface area contributed by atoms with Crippen molar-refractivity contribution >= 4 is 38.3 Å². The first-order valence-electron chi connectivity index (χ1n) is 5.43. The number of rotatable bonds is 1. The SMILES string of the molecule is Clc1nnc(-c2ccccc2Br)c2ccccc12. The van der Waals surface area contributed by atoms with E-state index in [1.54, 1.807) is 0 Å². The molecule has 2 nitrogen and oxygen atoms in total. The van der Waals surface area contributed by atoms with Crippen molar-refractivity contribution in [2.45, 2.75) is 0 Å². The molecule has 0 radical (unpaired) electrons. The molecule has 0 amide bonds. The highest BCUT2D eigenvalue weighted by Gasteiger charge is 2.11. The van der Waals surface area contributed by atoms with Gasteiger partial charge in [0.1, 0.15) is 5.69 Å². The maximum Gasteiger partial charge on any atom is 0.159 e. The summed E-state index contributed by atoms with van der Waals surface area (Å²) in [6, 6.07) is 15.8. The highest BCUT2D eigenvalue weighted by atomic mass is 79.9. The number of halogens is 2. The van der Waals surface area contributed by atoms with Crippen LogP contribution in [0.15, 0.2) is 53.0 Å². The lowest BCUT2D eigenvalue weighted by Crippen LogP contribution is -1.92. The van der Waals surface area contributed by atoms with E-state index in [-0.39, 0.29) is 0 Å². The van der Waals surface area contributed by atoms with E-state index in [0.29, 0.717) is 5.15 Å². The van der Waals surface area contributed by atoms with Crippen LogP contribution >= 0.6 is 27.5 Å². The van der Waals surface area contributed by atoms with Crippen molar-refractivity contribution in [3.05, 3.63) is 58.2 Å². The zero-order valence-electron chi connectivity index (χ0n) is 9.27. The first-order chi connectivity index (χ1) is 8.77. The fourth-order valence-electron chi connectivity index (χ4n) is 1.92. The molecule has 88 valence electrons. The summed E-state index contributed by atoms with van der Waals surface area (Å²) < 4.78 is 0.992. The number of fused-ring (bicyclic) bond motifs is 1. The molecular weight excluding hydrogens is 312 g/mol. The third kappa shape index (κ3) is 1.89. The minimum Gasteiger partial charge on any atom is -0.148 e. The molecule has 0 N–H and O–H groups in total. The molecule has 3 aromatic rings. The second-order valence-electron chi connectivity index (χ2n) is 3.86. The Labute approximate surface area is 118 Å². The van der Waals surface area contributed by atoms with E-state index >= 15 is 0 Å². The third-order valence-corrected chi connectivity index (χ3v) is 3.74. The normalized spacial score (nSPS) is 10.8.